The van der Waals surface area contributed by atoms with E-state index in [1.165, 1.54) is 12.1 Å². The van der Waals surface area contributed by atoms with Crippen molar-refractivity contribution in [3.8, 4) is 5.75 Å². The number of thioether (sulfide) groups is 1. The van der Waals surface area contributed by atoms with E-state index in [0.717, 1.165) is 22.0 Å². The van der Waals surface area contributed by atoms with Crippen LogP contribution in [0.4, 0.5) is 14.9 Å². The molecule has 1 aromatic heterocycles. The number of carbonyl (C=O) groups is 1. The quantitative estimate of drug-likeness (QED) is 0.427. The molecule has 7 heteroatoms. The maximum absolute atomic E-state index is 12.8. The fraction of sp³-hybridized carbons (Fsp3) is 0.143. The molecule has 1 heterocycles. The van der Waals surface area contributed by atoms with E-state index in [4.69, 9.17) is 4.74 Å². The van der Waals surface area contributed by atoms with Gasteiger partial charge in [-0.15, -0.1) is 11.8 Å². The summed E-state index contributed by atoms with van der Waals surface area (Å²) in [5.74, 6) is 1.01. The number of rotatable bonds is 8. The number of urea groups is 1. The van der Waals surface area contributed by atoms with Gasteiger partial charge in [-0.25, -0.2) is 14.2 Å². The maximum atomic E-state index is 12.8. The minimum Gasteiger partial charge on any atom is -0.492 e. The predicted molar refractivity (Wildman–Crippen MR) is 109 cm³/mol. The van der Waals surface area contributed by atoms with Crippen LogP contribution in [-0.2, 0) is 5.75 Å². The first-order chi connectivity index (χ1) is 13.7. The molecule has 2 N–H and O–H groups in total. The number of nitrogens with one attached hydrogen (secondary N) is 2. The molecular formula is C21H20FN3O2S. The zero-order valence-electron chi connectivity index (χ0n) is 15.1. The molecule has 5 nitrogen and oxygen atoms in total. The Balaban J connectivity index is 1.40. The second-order valence-electron chi connectivity index (χ2n) is 5.84. The molecule has 0 radical (unpaired) electrons. The van der Waals surface area contributed by atoms with Gasteiger partial charge in [0, 0.05) is 17.6 Å². The summed E-state index contributed by atoms with van der Waals surface area (Å²) in [5, 5.41) is 6.49. The van der Waals surface area contributed by atoms with Gasteiger partial charge in [0.2, 0.25) is 0 Å². The van der Waals surface area contributed by atoms with Gasteiger partial charge in [0.15, 0.2) is 0 Å². The Morgan fingerprint density at radius 3 is 2.71 bits per heavy atom. The SMILES string of the molecule is O=C(NCCOc1ccc(F)cc1)Nc1cccc(CSc2ccccn2)c1. The van der Waals surface area contributed by atoms with Crippen LogP contribution in [0, 0.1) is 5.82 Å². The van der Waals surface area contributed by atoms with E-state index in [-0.39, 0.29) is 11.8 Å². The molecule has 0 spiro atoms. The monoisotopic (exact) mass is 397 g/mol. The first kappa shape index (κ1) is 19.7. The summed E-state index contributed by atoms with van der Waals surface area (Å²) in [6, 6.07) is 18.9. The number of carbonyl (C=O) groups excluding carboxylic acids is 1. The summed E-state index contributed by atoms with van der Waals surface area (Å²) < 4.78 is 18.3. The number of ether oxygens (including phenoxy) is 1. The molecule has 0 saturated heterocycles. The van der Waals surface area contributed by atoms with Crippen molar-refractivity contribution in [3.63, 3.8) is 0 Å². The van der Waals surface area contributed by atoms with Crippen molar-refractivity contribution in [2.24, 2.45) is 0 Å². The van der Waals surface area contributed by atoms with Gasteiger partial charge < -0.3 is 15.4 Å². The van der Waals surface area contributed by atoms with Crippen LogP contribution < -0.4 is 15.4 Å². The molecular weight excluding hydrogens is 377 g/mol. The van der Waals surface area contributed by atoms with Gasteiger partial charge in [-0.3, -0.25) is 0 Å². The molecule has 0 unspecified atom stereocenters. The minimum atomic E-state index is -0.314. The summed E-state index contributed by atoms with van der Waals surface area (Å²) in [7, 11) is 0. The molecule has 0 bridgehead atoms. The lowest BCUT2D eigenvalue weighted by molar-refractivity contribution is 0.247. The smallest absolute Gasteiger partial charge is 0.319 e. The molecule has 2 aromatic carbocycles. The highest BCUT2D eigenvalue weighted by Crippen LogP contribution is 2.22. The predicted octanol–water partition coefficient (Wildman–Crippen LogP) is 4.71. The average Bonchev–Trinajstić information content (AvgIpc) is 2.72. The molecule has 28 heavy (non-hydrogen) atoms. The number of pyridine rings is 1. The summed E-state index contributed by atoms with van der Waals surface area (Å²) in [6.07, 6.45) is 1.77. The number of hydrogen-bond acceptors (Lipinski definition) is 4. The van der Waals surface area contributed by atoms with Crippen LogP contribution in [0.3, 0.4) is 0 Å². The summed E-state index contributed by atoms with van der Waals surface area (Å²) in [6.45, 7) is 0.623. The van der Waals surface area contributed by atoms with Gasteiger partial charge in [0.25, 0.3) is 0 Å². The Labute approximate surface area is 167 Å². The zero-order chi connectivity index (χ0) is 19.6. The molecule has 0 aliphatic rings. The third-order valence-corrected chi connectivity index (χ3v) is 4.69. The maximum Gasteiger partial charge on any atom is 0.319 e. The number of halogens is 1. The highest BCUT2D eigenvalue weighted by molar-refractivity contribution is 7.98. The Hall–Kier alpha value is -3.06. The van der Waals surface area contributed by atoms with E-state index in [0.29, 0.717) is 18.9 Å². The first-order valence-corrected chi connectivity index (χ1v) is 9.73. The molecule has 3 aromatic rings. The lowest BCUT2D eigenvalue weighted by Gasteiger charge is -2.10. The minimum absolute atomic E-state index is 0.291. The molecule has 144 valence electrons. The van der Waals surface area contributed by atoms with Crippen molar-refractivity contribution in [1.82, 2.24) is 10.3 Å². The molecule has 0 aliphatic carbocycles. The lowest BCUT2D eigenvalue weighted by atomic mass is 10.2. The summed E-state index contributed by atoms with van der Waals surface area (Å²) >= 11 is 1.64. The third kappa shape index (κ3) is 6.59. The van der Waals surface area contributed by atoms with E-state index in [1.54, 1.807) is 30.1 Å². The number of nitrogens with zero attached hydrogens (tertiary/aromatic N) is 1. The molecule has 0 fully saturated rings. The highest BCUT2D eigenvalue weighted by atomic mass is 32.2. The number of amides is 2. The zero-order valence-corrected chi connectivity index (χ0v) is 15.9. The normalized spacial score (nSPS) is 10.3. The van der Waals surface area contributed by atoms with Crippen LogP contribution in [0.2, 0.25) is 0 Å². The molecule has 3 rings (SSSR count). The average molecular weight is 397 g/mol. The van der Waals surface area contributed by atoms with Crippen LogP contribution in [0.15, 0.2) is 78.0 Å². The van der Waals surface area contributed by atoms with Crippen molar-refractivity contribution in [1.29, 1.82) is 0 Å². The van der Waals surface area contributed by atoms with Gasteiger partial charge in [-0.05, 0) is 54.1 Å². The first-order valence-electron chi connectivity index (χ1n) is 8.75. The fourth-order valence-corrected chi connectivity index (χ4v) is 3.17. The lowest BCUT2D eigenvalue weighted by Crippen LogP contribution is -2.32. The number of benzene rings is 2. The van der Waals surface area contributed by atoms with E-state index in [2.05, 4.69) is 15.6 Å². The second-order valence-corrected chi connectivity index (χ2v) is 6.84. The standard InChI is InChI=1S/C21H20FN3O2S/c22-17-7-9-19(10-8-17)27-13-12-24-21(26)25-18-5-3-4-16(14-18)15-28-20-6-1-2-11-23-20/h1-11,14H,12-13,15H2,(H2,24,25,26). The third-order valence-electron chi connectivity index (χ3n) is 3.68. The molecule has 0 saturated carbocycles. The number of aromatic nitrogens is 1. The fourth-order valence-electron chi connectivity index (χ4n) is 2.37. The summed E-state index contributed by atoms with van der Waals surface area (Å²) in [4.78, 5) is 16.3. The van der Waals surface area contributed by atoms with Crippen LogP contribution in [-0.4, -0.2) is 24.2 Å². The van der Waals surface area contributed by atoms with Crippen LogP contribution in [0.1, 0.15) is 5.56 Å². The largest absolute Gasteiger partial charge is 0.492 e. The van der Waals surface area contributed by atoms with Gasteiger partial charge >= 0.3 is 6.03 Å². The van der Waals surface area contributed by atoms with Crippen LogP contribution in [0.5, 0.6) is 5.75 Å². The number of anilines is 1. The Morgan fingerprint density at radius 2 is 1.93 bits per heavy atom. The van der Waals surface area contributed by atoms with Gasteiger partial charge in [0.1, 0.15) is 18.2 Å². The van der Waals surface area contributed by atoms with E-state index < -0.39 is 0 Å². The van der Waals surface area contributed by atoms with Crippen LogP contribution >= 0.6 is 11.8 Å². The molecule has 0 aliphatic heterocycles. The van der Waals surface area contributed by atoms with E-state index in [9.17, 15) is 9.18 Å². The summed E-state index contributed by atoms with van der Waals surface area (Å²) in [5.41, 5.74) is 1.81. The van der Waals surface area contributed by atoms with E-state index >= 15 is 0 Å². The van der Waals surface area contributed by atoms with Crippen molar-refractivity contribution in [3.05, 3.63) is 84.3 Å². The van der Waals surface area contributed by atoms with E-state index in [1.807, 2.05) is 42.5 Å². The van der Waals surface area contributed by atoms with Crippen LogP contribution in [0.25, 0.3) is 0 Å². The molecule has 2 amide bonds. The van der Waals surface area contributed by atoms with Crippen molar-refractivity contribution >= 4 is 23.5 Å². The van der Waals surface area contributed by atoms with Gasteiger partial charge in [-0.2, -0.15) is 0 Å². The van der Waals surface area contributed by atoms with Crippen molar-refractivity contribution < 1.29 is 13.9 Å². The molecule has 0 atom stereocenters. The van der Waals surface area contributed by atoms with Crippen molar-refractivity contribution in [2.75, 3.05) is 18.5 Å². The topological polar surface area (TPSA) is 63.2 Å². The second kappa shape index (κ2) is 10.3. The van der Waals surface area contributed by atoms with Crippen molar-refractivity contribution in [2.45, 2.75) is 10.8 Å². The van der Waals surface area contributed by atoms with Gasteiger partial charge in [-0.1, -0.05) is 18.2 Å². The number of hydrogen-bond donors (Lipinski definition) is 2. The Kier molecular flexibility index (Phi) is 7.26. The van der Waals surface area contributed by atoms with Gasteiger partial charge in [0.05, 0.1) is 11.6 Å². The Bertz CT molecular complexity index is 892. The Morgan fingerprint density at radius 1 is 1.07 bits per heavy atom. The highest BCUT2D eigenvalue weighted by Gasteiger charge is 2.03.